The molecule has 2 aromatic heterocycles. The van der Waals surface area contributed by atoms with Crippen molar-refractivity contribution in [2.75, 3.05) is 18.6 Å². The maximum Gasteiger partial charge on any atom is 0.276 e. The van der Waals surface area contributed by atoms with Gasteiger partial charge in [0.15, 0.2) is 29.8 Å². The van der Waals surface area contributed by atoms with Gasteiger partial charge in [0.25, 0.3) is 11.8 Å². The molecule has 37 heavy (non-hydrogen) atoms. The molecule has 0 bridgehead atoms. The Morgan fingerprint density at radius 2 is 2.22 bits per heavy atom. The maximum atomic E-state index is 13.0. The molecule has 1 fully saturated rings. The molecular weight excluding hydrogens is 520 g/mol. The fourth-order valence-electron chi connectivity index (χ4n) is 4.27. The van der Waals surface area contributed by atoms with Gasteiger partial charge in [-0.3, -0.25) is 14.5 Å². The van der Waals surface area contributed by atoms with E-state index in [-0.39, 0.29) is 34.5 Å². The second-order valence-corrected chi connectivity index (χ2v) is 10.2. The van der Waals surface area contributed by atoms with Crippen LogP contribution in [0.2, 0.25) is 0 Å². The zero-order valence-corrected chi connectivity index (χ0v) is 20.9. The summed E-state index contributed by atoms with van der Waals surface area (Å²) >= 11 is 2.45. The van der Waals surface area contributed by atoms with E-state index >= 15 is 0 Å². The number of thiazole rings is 1. The van der Waals surface area contributed by atoms with E-state index in [2.05, 4.69) is 15.5 Å². The Labute approximate surface area is 218 Å². The Balaban J connectivity index is 1.36. The first-order valence-electron chi connectivity index (χ1n) is 10.9. The highest BCUT2D eigenvalue weighted by molar-refractivity contribution is 8.00. The molecule has 12 nitrogen and oxygen atoms in total. The summed E-state index contributed by atoms with van der Waals surface area (Å²) in [5.74, 6) is -2.31. The number of fused-ring (bicyclic) bond motifs is 2. The molecule has 4 N–H and O–H groups in total. The summed E-state index contributed by atoms with van der Waals surface area (Å²) in [4.78, 5) is 47.9. The van der Waals surface area contributed by atoms with Crippen LogP contribution >= 0.6 is 23.1 Å². The number of hydrogen-bond donors (Lipinski definition) is 3. The van der Waals surface area contributed by atoms with Gasteiger partial charge in [0.1, 0.15) is 30.0 Å². The van der Waals surface area contributed by atoms with Crippen molar-refractivity contribution in [3.8, 4) is 5.75 Å². The number of aliphatic carboxylic acids is 1. The van der Waals surface area contributed by atoms with Crippen molar-refractivity contribution < 1.29 is 34.0 Å². The summed E-state index contributed by atoms with van der Waals surface area (Å²) in [5, 5.41) is 31.0. The largest absolute Gasteiger partial charge is 0.543 e. The number of hydrogen-bond acceptors (Lipinski definition) is 11. The number of amides is 2. The third kappa shape index (κ3) is 4.44. The Morgan fingerprint density at radius 3 is 2.92 bits per heavy atom. The van der Waals surface area contributed by atoms with Gasteiger partial charge < -0.3 is 30.9 Å². The number of anilines is 1. The van der Waals surface area contributed by atoms with E-state index < -0.39 is 29.2 Å². The van der Waals surface area contributed by atoms with Crippen LogP contribution in [0.5, 0.6) is 5.75 Å². The van der Waals surface area contributed by atoms with Crippen LogP contribution in [0.1, 0.15) is 5.69 Å². The van der Waals surface area contributed by atoms with Crippen LogP contribution in [0, 0.1) is 0 Å². The molecule has 4 heterocycles. The summed E-state index contributed by atoms with van der Waals surface area (Å²) in [6.45, 7) is 0.200. The van der Waals surface area contributed by atoms with Crippen LogP contribution in [-0.2, 0) is 25.8 Å². The van der Waals surface area contributed by atoms with Gasteiger partial charge in [0, 0.05) is 33.5 Å². The number of carbonyl (C=O) groups is 3. The minimum atomic E-state index is -1.47. The van der Waals surface area contributed by atoms with E-state index in [1.165, 1.54) is 24.3 Å². The summed E-state index contributed by atoms with van der Waals surface area (Å²) in [7, 11) is 1.27. The van der Waals surface area contributed by atoms with E-state index in [4.69, 9.17) is 10.6 Å². The maximum absolute atomic E-state index is 13.0. The van der Waals surface area contributed by atoms with Crippen LogP contribution in [0.4, 0.5) is 5.13 Å². The van der Waals surface area contributed by atoms with Gasteiger partial charge >= 0.3 is 0 Å². The Hall–Kier alpha value is -4.17. The van der Waals surface area contributed by atoms with Crippen LogP contribution in [0.3, 0.4) is 0 Å². The van der Waals surface area contributed by atoms with Crippen LogP contribution in [-0.4, -0.2) is 62.8 Å². The minimum absolute atomic E-state index is 0.145. The molecule has 5 rings (SSSR count). The van der Waals surface area contributed by atoms with Gasteiger partial charge in [-0.15, -0.1) is 23.1 Å². The highest BCUT2D eigenvalue weighted by Crippen LogP contribution is 2.40. The number of benzene rings is 1. The van der Waals surface area contributed by atoms with Crippen molar-refractivity contribution in [1.29, 1.82) is 0 Å². The first kappa shape index (κ1) is 24.5. The van der Waals surface area contributed by atoms with Crippen molar-refractivity contribution in [1.82, 2.24) is 15.2 Å². The molecule has 0 saturated carbocycles. The molecular formula is C23H20N6O6S2. The van der Waals surface area contributed by atoms with Gasteiger partial charge in [-0.25, -0.2) is 9.55 Å². The number of rotatable bonds is 7. The number of aromatic nitrogens is 2. The lowest BCUT2D eigenvalue weighted by Crippen LogP contribution is -2.71. The predicted molar refractivity (Wildman–Crippen MR) is 133 cm³/mol. The lowest BCUT2D eigenvalue weighted by atomic mass is 10.0. The van der Waals surface area contributed by atoms with Gasteiger partial charge in [-0.05, 0) is 12.1 Å². The Kier molecular flexibility index (Phi) is 6.43. The van der Waals surface area contributed by atoms with Crippen LogP contribution < -0.4 is 20.7 Å². The molecule has 2 atom stereocenters. The highest BCUT2D eigenvalue weighted by atomic mass is 32.2. The van der Waals surface area contributed by atoms with E-state index in [0.717, 1.165) is 21.6 Å². The number of phenolic OH excluding ortho intramolecular Hbond substituents is 1. The van der Waals surface area contributed by atoms with E-state index in [0.29, 0.717) is 16.7 Å². The summed E-state index contributed by atoms with van der Waals surface area (Å²) < 4.78 is 1.78. The zero-order chi connectivity index (χ0) is 26.3. The Morgan fingerprint density at radius 1 is 1.41 bits per heavy atom. The number of nitrogens with one attached hydrogen (secondary N) is 1. The smallest absolute Gasteiger partial charge is 0.276 e. The number of carbonyl (C=O) groups excluding carboxylic acids is 3. The monoisotopic (exact) mass is 540 g/mol. The summed E-state index contributed by atoms with van der Waals surface area (Å²) in [5.41, 5.74) is 5.96. The third-order valence-electron chi connectivity index (χ3n) is 5.92. The molecule has 1 aromatic carbocycles. The molecule has 0 aliphatic carbocycles. The van der Waals surface area contributed by atoms with Crippen molar-refractivity contribution >= 4 is 62.5 Å². The number of carboxylic acid groups (broad SMARTS) is 1. The highest BCUT2D eigenvalue weighted by Gasteiger charge is 2.53. The number of nitrogens with two attached hydrogens (primary N) is 1. The first-order chi connectivity index (χ1) is 17.8. The Bertz CT molecular complexity index is 1500. The number of nitrogen functional groups attached to an aromatic ring is 1. The topological polar surface area (TPSA) is 174 Å². The summed E-state index contributed by atoms with van der Waals surface area (Å²) in [6.07, 6.45) is 3.51. The number of pyridine rings is 1. The molecule has 1 saturated heterocycles. The minimum Gasteiger partial charge on any atom is -0.543 e. The third-order valence-corrected chi connectivity index (χ3v) is 7.93. The van der Waals surface area contributed by atoms with Crippen LogP contribution in [0.25, 0.3) is 10.8 Å². The number of carboxylic acids is 1. The van der Waals surface area contributed by atoms with E-state index in [1.54, 1.807) is 35.2 Å². The SMILES string of the molecule is CON=C(C(=O)NC1C(=O)N2C(C(=O)[O-])=C(C[n+]3ccc4c(O)cccc4c3)CS[C@@H]12)c1csc(N)n1. The standard InChI is InChI=1S/C23H20N6O6S2/c1-35-27-16(14-10-37-23(24)25-14)19(31)26-17-20(32)29-18(22(33)34)12(9-36-21(17)29)8-28-6-5-13-11(7-28)3-2-4-15(13)30/h2-7,10,17,21H,8-9H2,1H3,(H4-,24,25,26,30,31,33,34)/t17?,21-/m0/s1. The fraction of sp³-hybridized carbons (Fsp3) is 0.217. The quantitative estimate of drug-likeness (QED) is 0.152. The number of aromatic hydroxyl groups is 1. The van der Waals surface area contributed by atoms with Gasteiger partial charge in [-0.2, -0.15) is 0 Å². The first-order valence-corrected chi connectivity index (χ1v) is 12.8. The molecule has 2 aliphatic heterocycles. The van der Waals surface area contributed by atoms with E-state index in [9.17, 15) is 24.6 Å². The van der Waals surface area contributed by atoms with Gasteiger partial charge in [0.2, 0.25) is 0 Å². The molecule has 2 amide bonds. The molecule has 190 valence electrons. The zero-order valence-electron chi connectivity index (χ0n) is 19.3. The lowest BCUT2D eigenvalue weighted by molar-refractivity contribution is -0.687. The average molecular weight is 541 g/mol. The number of phenols is 1. The van der Waals surface area contributed by atoms with Crippen molar-refractivity contribution in [3.63, 3.8) is 0 Å². The average Bonchev–Trinajstić information content (AvgIpc) is 3.31. The van der Waals surface area contributed by atoms with E-state index in [1.807, 2.05) is 6.07 Å². The van der Waals surface area contributed by atoms with Crippen molar-refractivity contribution in [3.05, 3.63) is 59.0 Å². The second kappa shape index (κ2) is 9.71. The number of nitrogens with zero attached hydrogens (tertiary/aromatic N) is 4. The second-order valence-electron chi connectivity index (χ2n) is 8.19. The van der Waals surface area contributed by atoms with Gasteiger partial charge in [0.05, 0.1) is 11.7 Å². The lowest BCUT2D eigenvalue weighted by Gasteiger charge is -2.50. The normalized spacial score (nSPS) is 19.4. The summed E-state index contributed by atoms with van der Waals surface area (Å²) in [6, 6.07) is 5.90. The molecule has 0 radical (unpaired) electrons. The van der Waals surface area contributed by atoms with Crippen LogP contribution in [0.15, 0.2) is 58.5 Å². The number of thioether (sulfide) groups is 1. The number of β-lactam (4-membered cyclic amide) rings is 1. The predicted octanol–water partition coefficient (Wildman–Crippen LogP) is -0.674. The van der Waals surface area contributed by atoms with Crippen molar-refractivity contribution in [2.45, 2.75) is 18.0 Å². The molecule has 14 heteroatoms. The molecule has 0 spiro atoms. The van der Waals surface area contributed by atoms with Crippen molar-refractivity contribution in [2.24, 2.45) is 5.16 Å². The molecule has 1 unspecified atom stereocenters. The molecule has 2 aliphatic rings. The van der Waals surface area contributed by atoms with Gasteiger partial charge in [-0.1, -0.05) is 11.2 Å². The number of oxime groups is 1. The molecule has 3 aromatic rings. The fourth-order valence-corrected chi connectivity index (χ4v) is 6.15.